The zero-order valence-electron chi connectivity index (χ0n) is 11.2. The van der Waals surface area contributed by atoms with Gasteiger partial charge in [0.05, 0.1) is 18.7 Å². The van der Waals surface area contributed by atoms with E-state index in [9.17, 15) is 9.90 Å². The molecule has 0 atom stereocenters. The van der Waals surface area contributed by atoms with Crippen LogP contribution in [0, 0.1) is 5.92 Å². The molecule has 0 radical (unpaired) electrons. The van der Waals surface area contributed by atoms with E-state index in [0.29, 0.717) is 32.1 Å². The number of rotatable bonds is 5. The highest BCUT2D eigenvalue weighted by atomic mass is 32.1. The van der Waals surface area contributed by atoms with E-state index < -0.39 is 5.60 Å². The van der Waals surface area contributed by atoms with Crippen LogP contribution >= 0.6 is 11.3 Å². The van der Waals surface area contributed by atoms with Crippen LogP contribution in [0.5, 0.6) is 0 Å². The molecule has 3 rings (SSSR count). The average molecular weight is 280 g/mol. The number of hydrogen-bond acceptors (Lipinski definition) is 4. The van der Waals surface area contributed by atoms with Crippen molar-refractivity contribution in [2.45, 2.75) is 25.0 Å². The van der Waals surface area contributed by atoms with Gasteiger partial charge >= 0.3 is 0 Å². The van der Waals surface area contributed by atoms with Gasteiger partial charge in [0.1, 0.15) is 0 Å². The van der Waals surface area contributed by atoms with E-state index in [2.05, 4.69) is 0 Å². The predicted molar refractivity (Wildman–Crippen MR) is 74.9 cm³/mol. The van der Waals surface area contributed by atoms with Gasteiger partial charge in [-0.25, -0.2) is 0 Å². The molecule has 0 aromatic carbocycles. The minimum Gasteiger partial charge on any atom is -0.387 e. The molecular weight excluding hydrogens is 260 g/mol. The lowest BCUT2D eigenvalue weighted by Gasteiger charge is -2.47. The summed E-state index contributed by atoms with van der Waals surface area (Å²) in [6, 6.07) is 4.05. The maximum Gasteiger partial charge on any atom is 0.236 e. The second-order valence-corrected chi connectivity index (χ2v) is 6.88. The average Bonchev–Trinajstić information content (AvgIpc) is 3.07. The molecule has 0 spiro atoms. The summed E-state index contributed by atoms with van der Waals surface area (Å²) in [5.74, 6) is 0.619. The molecule has 2 heterocycles. The van der Waals surface area contributed by atoms with E-state index in [0.717, 1.165) is 12.8 Å². The van der Waals surface area contributed by atoms with Gasteiger partial charge in [0, 0.05) is 25.0 Å². The lowest BCUT2D eigenvalue weighted by Crippen LogP contribution is -2.64. The molecule has 1 saturated heterocycles. The second kappa shape index (κ2) is 4.89. The Labute approximate surface area is 117 Å². The maximum atomic E-state index is 12.1. The number of carbonyl (C=O) groups is 1. The number of nitrogens with zero attached hydrogens (tertiary/aromatic N) is 2. The molecule has 1 N–H and O–H groups in total. The third-order valence-corrected chi connectivity index (χ3v) is 4.95. The normalized spacial score (nSPS) is 22.0. The summed E-state index contributed by atoms with van der Waals surface area (Å²) in [6.07, 6.45) is 2.30. The van der Waals surface area contributed by atoms with Crippen LogP contribution in [-0.2, 0) is 11.3 Å². The van der Waals surface area contributed by atoms with Crippen molar-refractivity contribution in [2.75, 3.05) is 26.7 Å². The van der Waals surface area contributed by atoms with Crippen molar-refractivity contribution in [3.63, 3.8) is 0 Å². The van der Waals surface area contributed by atoms with E-state index in [1.165, 1.54) is 4.88 Å². The standard InChI is InChI=1S/C14H20N2O2S/c1-15(7-12-3-2-6-19-12)13(17)8-16-9-14(18,10-16)11-4-5-11/h2-3,6,11,18H,4-5,7-10H2,1H3. The minimum atomic E-state index is -0.493. The van der Waals surface area contributed by atoms with Crippen molar-refractivity contribution in [1.82, 2.24) is 9.80 Å². The van der Waals surface area contributed by atoms with Gasteiger partial charge in [-0.2, -0.15) is 0 Å². The molecule has 19 heavy (non-hydrogen) atoms. The van der Waals surface area contributed by atoms with E-state index in [-0.39, 0.29) is 5.91 Å². The number of β-amino-alcohol motifs (C(OH)–C–C–N with tert-alkyl or cyclic N) is 1. The zero-order chi connectivity index (χ0) is 13.5. The van der Waals surface area contributed by atoms with Gasteiger partial charge in [-0.05, 0) is 30.2 Å². The molecule has 1 amide bonds. The number of likely N-dealkylation sites (tertiary alicyclic amines) is 1. The molecule has 4 nitrogen and oxygen atoms in total. The van der Waals surface area contributed by atoms with E-state index in [1.54, 1.807) is 16.2 Å². The highest BCUT2D eigenvalue weighted by Crippen LogP contribution is 2.44. The Morgan fingerprint density at radius 1 is 1.58 bits per heavy atom. The van der Waals surface area contributed by atoms with Crippen molar-refractivity contribution in [2.24, 2.45) is 5.92 Å². The highest BCUT2D eigenvalue weighted by molar-refractivity contribution is 7.09. The van der Waals surface area contributed by atoms with Crippen LogP contribution in [0.1, 0.15) is 17.7 Å². The Morgan fingerprint density at radius 3 is 2.89 bits per heavy atom. The van der Waals surface area contributed by atoms with Gasteiger partial charge in [0.15, 0.2) is 0 Å². The van der Waals surface area contributed by atoms with Crippen molar-refractivity contribution in [3.05, 3.63) is 22.4 Å². The van der Waals surface area contributed by atoms with Crippen LogP contribution in [0.15, 0.2) is 17.5 Å². The molecule has 2 aliphatic rings. The smallest absolute Gasteiger partial charge is 0.236 e. The topological polar surface area (TPSA) is 43.8 Å². The fourth-order valence-electron chi connectivity index (χ4n) is 2.76. The molecular formula is C14H20N2O2S. The van der Waals surface area contributed by atoms with Crippen molar-refractivity contribution in [3.8, 4) is 0 Å². The molecule has 1 aliphatic carbocycles. The first-order valence-corrected chi connectivity index (χ1v) is 7.66. The van der Waals surface area contributed by atoms with Crippen molar-refractivity contribution >= 4 is 17.2 Å². The summed E-state index contributed by atoms with van der Waals surface area (Å²) in [6.45, 7) is 2.43. The number of aliphatic hydroxyl groups is 1. The molecule has 2 fully saturated rings. The highest BCUT2D eigenvalue weighted by Gasteiger charge is 2.52. The summed E-state index contributed by atoms with van der Waals surface area (Å²) in [5.41, 5.74) is -0.493. The summed E-state index contributed by atoms with van der Waals surface area (Å²) in [7, 11) is 1.84. The zero-order valence-corrected chi connectivity index (χ0v) is 12.0. The molecule has 0 unspecified atom stereocenters. The van der Waals surface area contributed by atoms with Crippen LogP contribution in [0.3, 0.4) is 0 Å². The monoisotopic (exact) mass is 280 g/mol. The Hall–Kier alpha value is -0.910. The Balaban J connectivity index is 1.44. The van der Waals surface area contributed by atoms with Crippen LogP contribution < -0.4 is 0 Å². The quantitative estimate of drug-likeness (QED) is 0.880. The Bertz CT molecular complexity index is 450. The largest absolute Gasteiger partial charge is 0.387 e. The number of thiophene rings is 1. The summed E-state index contributed by atoms with van der Waals surface area (Å²) >= 11 is 1.67. The number of likely N-dealkylation sites (N-methyl/N-ethyl adjacent to an activating group) is 1. The third kappa shape index (κ3) is 2.83. The second-order valence-electron chi connectivity index (χ2n) is 5.85. The lowest BCUT2D eigenvalue weighted by atomic mass is 9.89. The molecule has 1 aromatic rings. The first-order chi connectivity index (χ1) is 9.07. The summed E-state index contributed by atoms with van der Waals surface area (Å²) in [5, 5.41) is 12.2. The Morgan fingerprint density at radius 2 is 2.32 bits per heavy atom. The van der Waals surface area contributed by atoms with E-state index >= 15 is 0 Å². The first kappa shape index (κ1) is 13.1. The number of carbonyl (C=O) groups excluding carboxylic acids is 1. The van der Waals surface area contributed by atoms with Crippen LogP contribution in [0.4, 0.5) is 0 Å². The summed E-state index contributed by atoms with van der Waals surface area (Å²) < 4.78 is 0. The van der Waals surface area contributed by atoms with Gasteiger partial charge in [-0.15, -0.1) is 11.3 Å². The SMILES string of the molecule is CN(Cc1cccs1)C(=O)CN1CC(O)(C2CC2)C1. The van der Waals surface area contributed by atoms with Crippen molar-refractivity contribution in [1.29, 1.82) is 0 Å². The fraction of sp³-hybridized carbons (Fsp3) is 0.643. The van der Waals surface area contributed by atoms with Gasteiger partial charge in [-0.1, -0.05) is 6.07 Å². The molecule has 0 bridgehead atoms. The third-order valence-electron chi connectivity index (χ3n) is 4.09. The molecule has 104 valence electrons. The molecule has 1 saturated carbocycles. The van der Waals surface area contributed by atoms with Crippen LogP contribution in [-0.4, -0.2) is 53.1 Å². The molecule has 1 aliphatic heterocycles. The molecule has 1 aromatic heterocycles. The van der Waals surface area contributed by atoms with Gasteiger partial charge in [-0.3, -0.25) is 9.69 Å². The first-order valence-electron chi connectivity index (χ1n) is 6.78. The van der Waals surface area contributed by atoms with Crippen LogP contribution in [0.25, 0.3) is 0 Å². The Kier molecular flexibility index (Phi) is 3.37. The minimum absolute atomic E-state index is 0.131. The number of amides is 1. The van der Waals surface area contributed by atoms with E-state index in [4.69, 9.17) is 0 Å². The molecule has 5 heteroatoms. The summed E-state index contributed by atoms with van der Waals surface area (Å²) in [4.78, 5) is 17.1. The predicted octanol–water partition coefficient (Wildman–Crippen LogP) is 1.16. The fourth-order valence-corrected chi connectivity index (χ4v) is 3.51. The van der Waals surface area contributed by atoms with Gasteiger partial charge in [0.2, 0.25) is 5.91 Å². The number of hydrogen-bond donors (Lipinski definition) is 1. The maximum absolute atomic E-state index is 12.1. The van der Waals surface area contributed by atoms with Crippen LogP contribution in [0.2, 0.25) is 0 Å². The van der Waals surface area contributed by atoms with E-state index in [1.807, 2.05) is 29.5 Å². The van der Waals surface area contributed by atoms with Gasteiger partial charge in [0.25, 0.3) is 0 Å². The van der Waals surface area contributed by atoms with Crippen molar-refractivity contribution < 1.29 is 9.90 Å². The lowest BCUT2D eigenvalue weighted by molar-refractivity contribution is -0.144. The van der Waals surface area contributed by atoms with Gasteiger partial charge < -0.3 is 10.0 Å².